The van der Waals surface area contributed by atoms with Gasteiger partial charge in [0.2, 0.25) is 0 Å². The van der Waals surface area contributed by atoms with Gasteiger partial charge in [0.1, 0.15) is 5.82 Å². The molecule has 0 heterocycles. The van der Waals surface area contributed by atoms with E-state index in [1.165, 1.54) is 0 Å². The van der Waals surface area contributed by atoms with Crippen molar-refractivity contribution in [3.8, 4) is 0 Å². The Morgan fingerprint density at radius 2 is 1.79 bits per heavy atom. The van der Waals surface area contributed by atoms with Crippen LogP contribution in [0.15, 0.2) is 12.1 Å². The molecule has 0 fully saturated rings. The summed E-state index contributed by atoms with van der Waals surface area (Å²) < 4.78 is 51.7. The van der Waals surface area contributed by atoms with Crippen LogP contribution in [0.25, 0.3) is 0 Å². The summed E-state index contributed by atoms with van der Waals surface area (Å²) in [5, 5.41) is -0.551. The van der Waals surface area contributed by atoms with Crippen LogP contribution in [0.4, 0.5) is 17.6 Å². The van der Waals surface area contributed by atoms with E-state index in [-0.39, 0.29) is 5.56 Å². The number of benzene rings is 1. The van der Waals surface area contributed by atoms with Crippen molar-refractivity contribution in [2.24, 2.45) is 11.7 Å². The molecule has 0 aliphatic heterocycles. The molecule has 0 aliphatic rings. The number of alkyl halides is 3. The number of nitrogens with two attached hydrogens (primary N) is 1. The molecule has 0 saturated carbocycles. The van der Waals surface area contributed by atoms with E-state index in [1.807, 2.05) is 13.8 Å². The Morgan fingerprint density at radius 3 is 2.26 bits per heavy atom. The lowest BCUT2D eigenvalue weighted by Gasteiger charge is -2.17. The lowest BCUT2D eigenvalue weighted by Crippen LogP contribution is -2.15. The molecule has 6 heteroatoms. The smallest absolute Gasteiger partial charge is 0.324 e. The summed E-state index contributed by atoms with van der Waals surface area (Å²) in [6.07, 6.45) is -3.45. The van der Waals surface area contributed by atoms with E-state index >= 15 is 0 Å². The molecule has 1 aromatic carbocycles. The lowest BCUT2D eigenvalue weighted by molar-refractivity contribution is -0.137. The number of hydrogen-bond acceptors (Lipinski definition) is 1. The maximum atomic E-state index is 13.8. The minimum absolute atomic E-state index is 0.180. The molecule has 108 valence electrons. The zero-order chi connectivity index (χ0) is 14.8. The average molecular weight is 298 g/mol. The van der Waals surface area contributed by atoms with Gasteiger partial charge in [-0.25, -0.2) is 4.39 Å². The highest BCUT2D eigenvalue weighted by Crippen LogP contribution is 2.35. The van der Waals surface area contributed by atoms with Gasteiger partial charge >= 0.3 is 6.18 Å². The third-order valence-corrected chi connectivity index (χ3v) is 3.11. The van der Waals surface area contributed by atoms with Crippen LogP contribution in [0.2, 0.25) is 5.02 Å². The highest BCUT2D eigenvalue weighted by atomic mass is 35.5. The summed E-state index contributed by atoms with van der Waals surface area (Å²) in [5.74, 6) is -0.527. The topological polar surface area (TPSA) is 26.0 Å². The van der Waals surface area contributed by atoms with Crippen LogP contribution in [0.5, 0.6) is 0 Å². The fraction of sp³-hybridized carbons (Fsp3) is 0.538. The van der Waals surface area contributed by atoms with Crippen molar-refractivity contribution in [1.29, 1.82) is 0 Å². The van der Waals surface area contributed by atoms with Gasteiger partial charge in [0, 0.05) is 11.6 Å². The molecule has 0 unspecified atom stereocenters. The monoisotopic (exact) mass is 297 g/mol. The van der Waals surface area contributed by atoms with Crippen molar-refractivity contribution >= 4 is 11.6 Å². The number of rotatable bonds is 4. The standard InChI is InChI=1S/C13H16ClF4N/c1-7(2)3-4-11(19)9-5-8(13(16,17)18)6-10(14)12(9)15/h5-7,11H,3-4,19H2,1-2H3/t11-/m1/s1. The minimum Gasteiger partial charge on any atom is -0.324 e. The zero-order valence-electron chi connectivity index (χ0n) is 10.7. The Bertz CT molecular complexity index is 443. The van der Waals surface area contributed by atoms with Crippen molar-refractivity contribution in [3.63, 3.8) is 0 Å². The largest absolute Gasteiger partial charge is 0.416 e. The van der Waals surface area contributed by atoms with E-state index < -0.39 is 28.6 Å². The first kappa shape index (κ1) is 16.2. The first-order valence-electron chi connectivity index (χ1n) is 5.94. The molecule has 1 aromatic rings. The molecular formula is C13H16ClF4N. The summed E-state index contributed by atoms with van der Waals surface area (Å²) in [4.78, 5) is 0. The van der Waals surface area contributed by atoms with Crippen LogP contribution in [0.1, 0.15) is 43.9 Å². The van der Waals surface area contributed by atoms with Gasteiger partial charge in [-0.15, -0.1) is 0 Å². The molecule has 1 nitrogen and oxygen atoms in total. The lowest BCUT2D eigenvalue weighted by atomic mass is 9.96. The van der Waals surface area contributed by atoms with Crippen LogP contribution < -0.4 is 5.73 Å². The predicted octanol–water partition coefficient (Wildman–Crippen LogP) is 4.93. The van der Waals surface area contributed by atoms with Crippen molar-refractivity contribution in [3.05, 3.63) is 34.1 Å². The third kappa shape index (κ3) is 4.35. The number of halogens is 5. The van der Waals surface area contributed by atoms with Crippen LogP contribution in [0.3, 0.4) is 0 Å². The molecule has 1 rings (SSSR count). The number of hydrogen-bond donors (Lipinski definition) is 1. The molecule has 19 heavy (non-hydrogen) atoms. The van der Waals surface area contributed by atoms with Gasteiger partial charge in [0.25, 0.3) is 0 Å². The van der Waals surface area contributed by atoms with Gasteiger partial charge < -0.3 is 5.73 Å². The predicted molar refractivity (Wildman–Crippen MR) is 67.4 cm³/mol. The molecule has 0 amide bonds. The fourth-order valence-electron chi connectivity index (χ4n) is 1.71. The van der Waals surface area contributed by atoms with Crippen LogP contribution in [-0.2, 0) is 6.18 Å². The van der Waals surface area contributed by atoms with Gasteiger partial charge in [-0.2, -0.15) is 13.2 Å². The molecule has 1 atom stereocenters. The van der Waals surface area contributed by atoms with E-state index in [4.69, 9.17) is 17.3 Å². The maximum Gasteiger partial charge on any atom is 0.416 e. The molecule has 2 N–H and O–H groups in total. The molecule has 0 saturated heterocycles. The van der Waals surface area contributed by atoms with Crippen molar-refractivity contribution in [2.75, 3.05) is 0 Å². The molecule has 0 bridgehead atoms. The van der Waals surface area contributed by atoms with Crippen LogP contribution in [0, 0.1) is 11.7 Å². The summed E-state index contributed by atoms with van der Waals surface area (Å²) >= 11 is 5.50. The second kappa shape index (κ2) is 6.09. The first-order valence-corrected chi connectivity index (χ1v) is 6.32. The summed E-state index contributed by atoms with van der Waals surface area (Å²) in [5.41, 5.74) is 4.60. The Morgan fingerprint density at radius 1 is 1.21 bits per heavy atom. The fourth-order valence-corrected chi connectivity index (χ4v) is 1.94. The van der Waals surface area contributed by atoms with Gasteiger partial charge in [-0.1, -0.05) is 25.4 Å². The highest BCUT2D eigenvalue weighted by Gasteiger charge is 2.32. The minimum atomic E-state index is -4.57. The van der Waals surface area contributed by atoms with Gasteiger partial charge in [0.05, 0.1) is 10.6 Å². The molecule has 0 radical (unpaired) electrons. The Balaban J connectivity index is 3.09. The first-order chi connectivity index (χ1) is 8.62. The van der Waals surface area contributed by atoms with E-state index in [0.717, 1.165) is 6.07 Å². The SMILES string of the molecule is CC(C)CC[C@@H](N)c1cc(C(F)(F)F)cc(Cl)c1F. The second-order valence-corrected chi connectivity index (χ2v) is 5.34. The highest BCUT2D eigenvalue weighted by molar-refractivity contribution is 6.30. The van der Waals surface area contributed by atoms with Gasteiger partial charge in [-0.05, 0) is 30.9 Å². The Labute approximate surface area is 114 Å². The van der Waals surface area contributed by atoms with Crippen molar-refractivity contribution in [1.82, 2.24) is 0 Å². The van der Waals surface area contributed by atoms with E-state index in [9.17, 15) is 17.6 Å². The molecular weight excluding hydrogens is 282 g/mol. The van der Waals surface area contributed by atoms with Crippen LogP contribution in [-0.4, -0.2) is 0 Å². The van der Waals surface area contributed by atoms with Crippen molar-refractivity contribution in [2.45, 2.75) is 38.9 Å². The maximum absolute atomic E-state index is 13.8. The molecule has 0 aromatic heterocycles. The van der Waals surface area contributed by atoms with Gasteiger partial charge in [-0.3, -0.25) is 0 Å². The van der Waals surface area contributed by atoms with E-state index in [1.54, 1.807) is 0 Å². The second-order valence-electron chi connectivity index (χ2n) is 4.94. The van der Waals surface area contributed by atoms with E-state index in [0.29, 0.717) is 24.8 Å². The molecule has 0 spiro atoms. The third-order valence-electron chi connectivity index (χ3n) is 2.84. The van der Waals surface area contributed by atoms with Crippen LogP contribution >= 0.6 is 11.6 Å². The summed E-state index contributed by atoms with van der Waals surface area (Å²) in [7, 11) is 0. The quantitative estimate of drug-likeness (QED) is 0.783. The Kier molecular flexibility index (Phi) is 5.21. The summed E-state index contributed by atoms with van der Waals surface area (Å²) in [6.45, 7) is 3.92. The normalized spacial score (nSPS) is 13.9. The average Bonchev–Trinajstić information content (AvgIpc) is 2.27. The van der Waals surface area contributed by atoms with E-state index in [2.05, 4.69) is 0 Å². The van der Waals surface area contributed by atoms with Crippen molar-refractivity contribution < 1.29 is 17.6 Å². The Hall–Kier alpha value is -0.810. The zero-order valence-corrected chi connectivity index (χ0v) is 11.4. The van der Waals surface area contributed by atoms with Gasteiger partial charge in [0.15, 0.2) is 0 Å². The molecule has 0 aliphatic carbocycles. The summed E-state index contributed by atoms with van der Waals surface area (Å²) in [6, 6.07) is 0.532.